The van der Waals surface area contributed by atoms with Gasteiger partial charge < -0.3 is 9.26 Å². The molecule has 0 aromatic carbocycles. The summed E-state index contributed by atoms with van der Waals surface area (Å²) in [6.07, 6.45) is 2.06. The SMILES string of the molecule is CCCc1noc(C(C)OC(=O)c2cccnc2SC(F)F)n1. The van der Waals surface area contributed by atoms with Crippen LogP contribution in [0.5, 0.6) is 0 Å². The lowest BCUT2D eigenvalue weighted by Gasteiger charge is -2.11. The van der Waals surface area contributed by atoms with Crippen LogP contribution in [0, 0.1) is 0 Å². The molecule has 6 nitrogen and oxygen atoms in total. The largest absolute Gasteiger partial charge is 0.449 e. The highest BCUT2D eigenvalue weighted by Gasteiger charge is 2.23. The fourth-order valence-electron chi connectivity index (χ4n) is 1.76. The van der Waals surface area contributed by atoms with E-state index in [1.807, 2.05) is 6.92 Å². The number of hydrogen-bond donors (Lipinski definition) is 0. The van der Waals surface area contributed by atoms with E-state index in [1.165, 1.54) is 18.3 Å². The lowest BCUT2D eigenvalue weighted by molar-refractivity contribution is 0.0260. The normalized spacial score (nSPS) is 12.4. The molecule has 1 atom stereocenters. The monoisotopic (exact) mass is 343 g/mol. The van der Waals surface area contributed by atoms with Crippen molar-refractivity contribution in [1.29, 1.82) is 0 Å². The minimum absolute atomic E-state index is 0.0297. The van der Waals surface area contributed by atoms with E-state index in [0.717, 1.165) is 6.42 Å². The molecule has 0 aliphatic heterocycles. The van der Waals surface area contributed by atoms with Crippen molar-refractivity contribution < 1.29 is 22.8 Å². The highest BCUT2D eigenvalue weighted by molar-refractivity contribution is 7.99. The number of alkyl halides is 2. The highest BCUT2D eigenvalue weighted by Crippen LogP contribution is 2.28. The first-order valence-electron chi connectivity index (χ1n) is 6.94. The van der Waals surface area contributed by atoms with Crippen molar-refractivity contribution in [3.05, 3.63) is 35.6 Å². The Labute approximate surface area is 135 Å². The summed E-state index contributed by atoms with van der Waals surface area (Å²) in [7, 11) is 0. The first-order chi connectivity index (χ1) is 11.0. The molecule has 1 unspecified atom stereocenters. The maximum Gasteiger partial charge on any atom is 0.341 e. The van der Waals surface area contributed by atoms with Gasteiger partial charge in [-0.05, 0) is 37.2 Å². The van der Waals surface area contributed by atoms with Gasteiger partial charge in [-0.2, -0.15) is 13.8 Å². The number of rotatable bonds is 7. The minimum Gasteiger partial charge on any atom is -0.449 e. The van der Waals surface area contributed by atoms with Crippen LogP contribution in [-0.2, 0) is 11.2 Å². The molecule has 0 N–H and O–H groups in total. The molecule has 124 valence electrons. The number of aryl methyl sites for hydroxylation is 1. The number of ether oxygens (including phenoxy) is 1. The van der Waals surface area contributed by atoms with Crippen LogP contribution in [0.25, 0.3) is 0 Å². The third-order valence-electron chi connectivity index (χ3n) is 2.78. The van der Waals surface area contributed by atoms with Crippen LogP contribution in [0.4, 0.5) is 8.78 Å². The van der Waals surface area contributed by atoms with E-state index >= 15 is 0 Å². The van der Waals surface area contributed by atoms with Gasteiger partial charge in [0, 0.05) is 12.6 Å². The van der Waals surface area contributed by atoms with Crippen LogP contribution in [0.3, 0.4) is 0 Å². The van der Waals surface area contributed by atoms with E-state index in [0.29, 0.717) is 12.2 Å². The number of aromatic nitrogens is 3. The van der Waals surface area contributed by atoms with Gasteiger partial charge in [0.25, 0.3) is 11.6 Å². The molecule has 9 heteroatoms. The third kappa shape index (κ3) is 4.72. The Balaban J connectivity index is 2.08. The molecule has 0 aliphatic rings. The number of hydrogen-bond acceptors (Lipinski definition) is 7. The van der Waals surface area contributed by atoms with Crippen LogP contribution in [0.15, 0.2) is 27.9 Å². The topological polar surface area (TPSA) is 78.1 Å². The van der Waals surface area contributed by atoms with Crippen LogP contribution in [0.1, 0.15) is 48.4 Å². The fourth-order valence-corrected chi connectivity index (χ4v) is 2.33. The Morgan fingerprint density at radius 1 is 1.48 bits per heavy atom. The summed E-state index contributed by atoms with van der Waals surface area (Å²) in [6.45, 7) is 3.54. The van der Waals surface area contributed by atoms with Crippen LogP contribution >= 0.6 is 11.8 Å². The molecule has 0 saturated carbocycles. The van der Waals surface area contributed by atoms with Crippen molar-refractivity contribution in [2.45, 2.75) is 43.6 Å². The van der Waals surface area contributed by atoms with Crippen molar-refractivity contribution in [2.24, 2.45) is 0 Å². The Bertz CT molecular complexity index is 666. The fraction of sp³-hybridized carbons (Fsp3) is 0.429. The molecule has 0 aliphatic carbocycles. The van der Waals surface area contributed by atoms with Gasteiger partial charge in [0.1, 0.15) is 5.03 Å². The second-order valence-electron chi connectivity index (χ2n) is 4.58. The quantitative estimate of drug-likeness (QED) is 0.561. The summed E-state index contributed by atoms with van der Waals surface area (Å²) in [5, 5.41) is 3.68. The van der Waals surface area contributed by atoms with Gasteiger partial charge in [-0.1, -0.05) is 12.1 Å². The van der Waals surface area contributed by atoms with E-state index < -0.39 is 17.8 Å². The molecule has 2 aromatic heterocycles. The highest BCUT2D eigenvalue weighted by atomic mass is 32.2. The molecular formula is C14H15F2N3O3S. The first-order valence-corrected chi connectivity index (χ1v) is 7.82. The van der Waals surface area contributed by atoms with Crippen LogP contribution in [-0.4, -0.2) is 26.9 Å². The predicted octanol–water partition coefficient (Wildman–Crippen LogP) is 3.65. The molecule has 0 radical (unpaired) electrons. The number of nitrogens with zero attached hydrogens (tertiary/aromatic N) is 3. The smallest absolute Gasteiger partial charge is 0.341 e. The van der Waals surface area contributed by atoms with Crippen molar-refractivity contribution in [3.8, 4) is 0 Å². The number of pyridine rings is 1. The Hall–Kier alpha value is -2.03. The second kappa shape index (κ2) is 8.00. The second-order valence-corrected chi connectivity index (χ2v) is 5.56. The van der Waals surface area contributed by atoms with Crippen molar-refractivity contribution >= 4 is 17.7 Å². The van der Waals surface area contributed by atoms with Gasteiger partial charge in [0.2, 0.25) is 0 Å². The summed E-state index contributed by atoms with van der Waals surface area (Å²) >= 11 is 0.190. The zero-order chi connectivity index (χ0) is 16.8. The van der Waals surface area contributed by atoms with E-state index in [9.17, 15) is 13.6 Å². The minimum atomic E-state index is -2.68. The number of carbonyl (C=O) groups is 1. The zero-order valence-corrected chi connectivity index (χ0v) is 13.3. The van der Waals surface area contributed by atoms with Crippen LogP contribution < -0.4 is 0 Å². The van der Waals surface area contributed by atoms with Crippen molar-refractivity contribution in [3.63, 3.8) is 0 Å². The molecule has 2 heterocycles. The summed E-state index contributed by atoms with van der Waals surface area (Å²) < 4.78 is 35.2. The predicted molar refractivity (Wildman–Crippen MR) is 78.2 cm³/mol. The summed E-state index contributed by atoms with van der Waals surface area (Å²) in [6, 6.07) is 2.85. The molecule has 0 spiro atoms. The van der Waals surface area contributed by atoms with Gasteiger partial charge in [-0.3, -0.25) is 0 Å². The molecule has 0 fully saturated rings. The van der Waals surface area contributed by atoms with Gasteiger partial charge in [-0.15, -0.1) is 0 Å². The molecule has 0 saturated heterocycles. The Kier molecular flexibility index (Phi) is 6.03. The maximum absolute atomic E-state index is 12.5. The number of thioether (sulfide) groups is 1. The van der Waals surface area contributed by atoms with Crippen LogP contribution in [0.2, 0.25) is 0 Å². The summed E-state index contributed by atoms with van der Waals surface area (Å²) in [5.74, 6) is -2.76. The first kappa shape index (κ1) is 17.3. The van der Waals surface area contributed by atoms with Gasteiger partial charge in [0.05, 0.1) is 5.56 Å². The average molecular weight is 343 g/mol. The number of halogens is 2. The van der Waals surface area contributed by atoms with E-state index in [2.05, 4.69) is 15.1 Å². The maximum atomic E-state index is 12.5. The lowest BCUT2D eigenvalue weighted by atomic mass is 10.3. The van der Waals surface area contributed by atoms with Gasteiger partial charge in [-0.25, -0.2) is 9.78 Å². The molecule has 2 rings (SSSR count). The zero-order valence-electron chi connectivity index (χ0n) is 12.5. The molecule has 0 amide bonds. The number of carbonyl (C=O) groups excluding carboxylic acids is 1. The van der Waals surface area contributed by atoms with E-state index in [1.54, 1.807) is 6.92 Å². The van der Waals surface area contributed by atoms with Gasteiger partial charge >= 0.3 is 5.97 Å². The van der Waals surface area contributed by atoms with E-state index in [4.69, 9.17) is 9.26 Å². The molecular weight excluding hydrogens is 328 g/mol. The lowest BCUT2D eigenvalue weighted by Crippen LogP contribution is -2.11. The summed E-state index contributed by atoms with van der Waals surface area (Å²) in [5.41, 5.74) is -0.0297. The Morgan fingerprint density at radius 3 is 2.96 bits per heavy atom. The van der Waals surface area contributed by atoms with Crippen molar-refractivity contribution in [2.75, 3.05) is 0 Å². The van der Waals surface area contributed by atoms with Crippen molar-refractivity contribution in [1.82, 2.24) is 15.1 Å². The average Bonchev–Trinajstić information content (AvgIpc) is 2.96. The molecule has 0 bridgehead atoms. The third-order valence-corrected chi connectivity index (χ3v) is 3.51. The standard InChI is InChI=1S/C14H15F2N3O3S/c1-3-5-10-18-11(22-19-10)8(2)21-13(20)9-6-4-7-17-12(9)23-14(15)16/h4,6-8,14H,3,5H2,1-2H3. The molecule has 2 aromatic rings. The molecule has 23 heavy (non-hydrogen) atoms. The van der Waals surface area contributed by atoms with E-state index in [-0.39, 0.29) is 28.2 Å². The Morgan fingerprint density at radius 2 is 2.26 bits per heavy atom. The van der Waals surface area contributed by atoms with Gasteiger partial charge in [0.15, 0.2) is 11.9 Å². The summed E-state index contributed by atoms with van der Waals surface area (Å²) in [4.78, 5) is 20.1. The number of esters is 1.